The van der Waals surface area contributed by atoms with Gasteiger partial charge in [0.1, 0.15) is 11.4 Å². The van der Waals surface area contributed by atoms with Crippen molar-refractivity contribution in [3.05, 3.63) is 96.7 Å². The van der Waals surface area contributed by atoms with E-state index in [1.165, 1.54) is 17.8 Å². The fourth-order valence-corrected chi connectivity index (χ4v) is 4.29. The Bertz CT molecular complexity index is 1210. The van der Waals surface area contributed by atoms with E-state index in [0.29, 0.717) is 23.6 Å². The van der Waals surface area contributed by atoms with Gasteiger partial charge in [0.05, 0.1) is 11.9 Å². The van der Waals surface area contributed by atoms with Gasteiger partial charge >= 0.3 is 0 Å². The average Bonchev–Trinajstić information content (AvgIpc) is 3.56. The third-order valence-corrected chi connectivity index (χ3v) is 6.12. The van der Waals surface area contributed by atoms with Crippen molar-refractivity contribution < 1.29 is 9.18 Å². The van der Waals surface area contributed by atoms with E-state index < -0.39 is 0 Å². The second-order valence-corrected chi connectivity index (χ2v) is 8.28. The van der Waals surface area contributed by atoms with Gasteiger partial charge in [0, 0.05) is 57.3 Å². The number of para-hydroxylation sites is 1. The predicted molar refractivity (Wildman–Crippen MR) is 130 cm³/mol. The molecule has 0 unspecified atom stereocenters. The van der Waals surface area contributed by atoms with Crippen LogP contribution in [0.3, 0.4) is 0 Å². The number of rotatable bonds is 7. The van der Waals surface area contributed by atoms with Crippen LogP contribution in [-0.2, 0) is 0 Å². The Morgan fingerprint density at radius 3 is 2.29 bits per heavy atom. The monoisotopic (exact) mass is 458 g/mol. The molecule has 174 valence electrons. The summed E-state index contributed by atoms with van der Waals surface area (Å²) in [7, 11) is 0. The van der Waals surface area contributed by atoms with Gasteiger partial charge in [0.2, 0.25) is 0 Å². The molecule has 2 aromatic heterocycles. The Morgan fingerprint density at radius 1 is 0.882 bits per heavy atom. The Balaban J connectivity index is 1.22. The molecule has 0 spiro atoms. The number of hydrogen-bond acceptors (Lipinski definition) is 4. The standard InChI is InChI=1S/C26H27FN6O/c27-21-8-10-23(11-9-21)33-26(32-13-4-5-14-32)24(20-29-33)25(34)28-12-15-30-16-18-31(19-17-30)22-6-2-1-3-7-22/h1-11,13-14,20H,12,15-19H2,(H,28,34). The molecule has 5 rings (SSSR count). The van der Waals surface area contributed by atoms with Gasteiger partial charge in [-0.1, -0.05) is 18.2 Å². The van der Waals surface area contributed by atoms with E-state index in [0.717, 1.165) is 32.7 Å². The number of carbonyl (C=O) groups is 1. The molecule has 34 heavy (non-hydrogen) atoms. The van der Waals surface area contributed by atoms with Crippen LogP contribution in [0.1, 0.15) is 10.4 Å². The summed E-state index contributed by atoms with van der Waals surface area (Å²) in [5, 5.41) is 7.47. The Kier molecular flexibility index (Phi) is 6.40. The zero-order valence-corrected chi connectivity index (χ0v) is 18.8. The van der Waals surface area contributed by atoms with Crippen molar-refractivity contribution in [2.24, 2.45) is 0 Å². The Morgan fingerprint density at radius 2 is 1.59 bits per heavy atom. The highest BCUT2D eigenvalue weighted by molar-refractivity contribution is 5.97. The normalized spacial score (nSPS) is 14.3. The van der Waals surface area contributed by atoms with Crippen LogP contribution in [0.5, 0.6) is 0 Å². The number of hydrogen-bond donors (Lipinski definition) is 1. The number of carbonyl (C=O) groups excluding carboxylic acids is 1. The van der Waals surface area contributed by atoms with E-state index in [-0.39, 0.29) is 11.7 Å². The quantitative estimate of drug-likeness (QED) is 0.462. The number of nitrogens with zero attached hydrogens (tertiary/aromatic N) is 5. The molecule has 0 radical (unpaired) electrons. The number of halogens is 1. The molecule has 3 heterocycles. The molecule has 1 N–H and O–H groups in total. The van der Waals surface area contributed by atoms with Crippen molar-refractivity contribution in [3.63, 3.8) is 0 Å². The molecule has 0 atom stereocenters. The van der Waals surface area contributed by atoms with Crippen LogP contribution < -0.4 is 10.2 Å². The summed E-state index contributed by atoms with van der Waals surface area (Å²) in [5.41, 5.74) is 2.40. The highest BCUT2D eigenvalue weighted by Crippen LogP contribution is 2.20. The van der Waals surface area contributed by atoms with Crippen LogP contribution in [-0.4, -0.2) is 64.4 Å². The molecular weight excluding hydrogens is 431 g/mol. The van der Waals surface area contributed by atoms with Gasteiger partial charge in [-0.25, -0.2) is 9.07 Å². The molecule has 2 aromatic carbocycles. The maximum atomic E-state index is 13.4. The fourth-order valence-electron chi connectivity index (χ4n) is 4.29. The van der Waals surface area contributed by atoms with Gasteiger partial charge in [0.25, 0.3) is 5.91 Å². The first-order chi connectivity index (χ1) is 16.7. The average molecular weight is 459 g/mol. The van der Waals surface area contributed by atoms with Crippen molar-refractivity contribution in [3.8, 4) is 11.5 Å². The van der Waals surface area contributed by atoms with Crippen molar-refractivity contribution in [1.29, 1.82) is 0 Å². The van der Waals surface area contributed by atoms with Crippen molar-refractivity contribution in [2.45, 2.75) is 0 Å². The first-order valence-corrected chi connectivity index (χ1v) is 11.5. The summed E-state index contributed by atoms with van der Waals surface area (Å²) < 4.78 is 16.9. The first-order valence-electron chi connectivity index (χ1n) is 11.5. The molecular formula is C26H27FN6O. The number of aromatic nitrogens is 3. The van der Waals surface area contributed by atoms with E-state index in [4.69, 9.17) is 0 Å². The van der Waals surface area contributed by atoms with Crippen molar-refractivity contribution in [1.82, 2.24) is 24.6 Å². The minimum absolute atomic E-state index is 0.181. The van der Waals surface area contributed by atoms with Crippen LogP contribution in [0.4, 0.5) is 10.1 Å². The summed E-state index contributed by atoms with van der Waals surface area (Å²) in [6.07, 6.45) is 5.28. The zero-order valence-electron chi connectivity index (χ0n) is 18.8. The van der Waals surface area contributed by atoms with Gasteiger partial charge in [-0.15, -0.1) is 0 Å². The lowest BCUT2D eigenvalue weighted by Gasteiger charge is -2.36. The number of anilines is 1. The largest absolute Gasteiger partial charge is 0.369 e. The number of nitrogens with one attached hydrogen (secondary N) is 1. The summed E-state index contributed by atoms with van der Waals surface area (Å²) in [4.78, 5) is 17.8. The summed E-state index contributed by atoms with van der Waals surface area (Å²) in [5.74, 6) is 0.117. The van der Waals surface area contributed by atoms with Crippen molar-refractivity contribution in [2.75, 3.05) is 44.2 Å². The van der Waals surface area contributed by atoms with Crippen LogP contribution in [0, 0.1) is 5.82 Å². The van der Waals surface area contributed by atoms with Crippen LogP contribution >= 0.6 is 0 Å². The van der Waals surface area contributed by atoms with E-state index in [2.05, 4.69) is 44.5 Å². The number of benzene rings is 2. The Labute approximate surface area is 198 Å². The lowest BCUT2D eigenvalue weighted by Crippen LogP contribution is -2.48. The van der Waals surface area contributed by atoms with Crippen LogP contribution in [0.2, 0.25) is 0 Å². The summed E-state index contributed by atoms with van der Waals surface area (Å²) in [6, 6.07) is 20.3. The van der Waals surface area contributed by atoms with Gasteiger partial charge in [-0.2, -0.15) is 5.10 Å². The third kappa shape index (κ3) is 4.72. The highest BCUT2D eigenvalue weighted by atomic mass is 19.1. The molecule has 0 bridgehead atoms. The van der Waals surface area contributed by atoms with Gasteiger partial charge in [-0.05, 0) is 48.5 Å². The molecule has 7 nitrogen and oxygen atoms in total. The van der Waals surface area contributed by atoms with Crippen molar-refractivity contribution >= 4 is 11.6 Å². The lowest BCUT2D eigenvalue weighted by atomic mass is 10.2. The second kappa shape index (κ2) is 9.93. The molecule has 1 fully saturated rings. The first kappa shape index (κ1) is 21.9. The second-order valence-electron chi connectivity index (χ2n) is 8.28. The van der Waals surface area contributed by atoms with E-state index in [9.17, 15) is 9.18 Å². The molecule has 0 saturated carbocycles. The topological polar surface area (TPSA) is 58.3 Å². The molecule has 1 aliphatic heterocycles. The third-order valence-electron chi connectivity index (χ3n) is 6.12. The highest BCUT2D eigenvalue weighted by Gasteiger charge is 2.21. The van der Waals surface area contributed by atoms with E-state index >= 15 is 0 Å². The number of amides is 1. The number of piperazine rings is 1. The fraction of sp³-hybridized carbons (Fsp3) is 0.231. The van der Waals surface area contributed by atoms with Gasteiger partial charge in [0.15, 0.2) is 5.82 Å². The van der Waals surface area contributed by atoms with E-state index in [1.807, 2.05) is 35.2 Å². The molecule has 1 aliphatic rings. The van der Waals surface area contributed by atoms with Gasteiger partial charge in [-0.3, -0.25) is 9.69 Å². The molecule has 8 heteroatoms. The SMILES string of the molecule is O=C(NCCN1CCN(c2ccccc2)CC1)c1cnn(-c2ccc(F)cc2)c1-n1cccc1. The minimum atomic E-state index is -0.319. The minimum Gasteiger partial charge on any atom is -0.369 e. The Hall–Kier alpha value is -3.91. The maximum absolute atomic E-state index is 13.4. The van der Waals surface area contributed by atoms with E-state index in [1.54, 1.807) is 23.0 Å². The van der Waals surface area contributed by atoms with Gasteiger partial charge < -0.3 is 14.8 Å². The summed E-state index contributed by atoms with van der Waals surface area (Å²) in [6.45, 7) is 5.21. The smallest absolute Gasteiger partial charge is 0.256 e. The molecule has 0 aliphatic carbocycles. The molecule has 1 amide bonds. The maximum Gasteiger partial charge on any atom is 0.256 e. The molecule has 4 aromatic rings. The van der Waals surface area contributed by atoms with Crippen LogP contribution in [0.25, 0.3) is 11.5 Å². The molecule has 1 saturated heterocycles. The summed E-state index contributed by atoms with van der Waals surface area (Å²) >= 11 is 0. The zero-order chi connectivity index (χ0) is 23.3. The predicted octanol–water partition coefficient (Wildman–Crippen LogP) is 3.35. The lowest BCUT2D eigenvalue weighted by molar-refractivity contribution is 0.0947. The van der Waals surface area contributed by atoms with Crippen LogP contribution in [0.15, 0.2) is 85.3 Å².